The molecule has 5 aliphatic rings. The van der Waals surface area contributed by atoms with E-state index >= 15 is 0 Å². The number of benzene rings is 1. The van der Waals surface area contributed by atoms with Crippen molar-refractivity contribution in [3.05, 3.63) is 52.6 Å². The number of allylic oxidation sites excluding steroid dienone is 3. The van der Waals surface area contributed by atoms with E-state index in [1.165, 1.54) is 43.2 Å². The molecule has 3 saturated heterocycles. The number of nitrogens with one attached hydrogen (secondary N) is 1. The van der Waals surface area contributed by atoms with E-state index in [1.807, 2.05) is 23.6 Å². The zero-order chi connectivity index (χ0) is 32.5. The second kappa shape index (κ2) is 13.5. The van der Waals surface area contributed by atoms with Gasteiger partial charge in [0.05, 0.1) is 24.0 Å². The number of likely N-dealkylation sites (tertiary alicyclic amines) is 1. The van der Waals surface area contributed by atoms with E-state index < -0.39 is 17.2 Å². The molecular weight excluding hydrogens is 579 g/mol. The first-order valence-corrected chi connectivity index (χ1v) is 16.9. The molecule has 0 spiro atoms. The largest absolute Gasteiger partial charge is 0.469 e. The van der Waals surface area contributed by atoms with Crippen molar-refractivity contribution in [1.82, 2.24) is 10.2 Å². The summed E-state index contributed by atoms with van der Waals surface area (Å²) >= 11 is 0. The molecule has 0 radical (unpaired) electrons. The summed E-state index contributed by atoms with van der Waals surface area (Å²) in [4.78, 5) is 30.4. The lowest BCUT2D eigenvalue weighted by Gasteiger charge is -2.37. The molecule has 4 atom stereocenters. The quantitative estimate of drug-likeness (QED) is 0.345. The van der Waals surface area contributed by atoms with Gasteiger partial charge in [0, 0.05) is 56.8 Å². The molecule has 1 saturated carbocycles. The van der Waals surface area contributed by atoms with Crippen molar-refractivity contribution in [3.8, 4) is 0 Å². The maximum absolute atomic E-state index is 14.4. The summed E-state index contributed by atoms with van der Waals surface area (Å²) in [6, 6.07) is 4.08. The molecule has 0 aromatic heterocycles. The molecule has 1 N–H and O–H groups in total. The smallest absolute Gasteiger partial charge is 0.416 e. The van der Waals surface area contributed by atoms with Gasteiger partial charge in [-0.1, -0.05) is 44.6 Å². The fourth-order valence-corrected chi connectivity index (χ4v) is 8.15. The van der Waals surface area contributed by atoms with Gasteiger partial charge >= 0.3 is 12.1 Å². The summed E-state index contributed by atoms with van der Waals surface area (Å²) in [5.74, 6) is 0.475. The second-order valence-electron chi connectivity index (χ2n) is 13.6. The first-order chi connectivity index (χ1) is 21.5. The number of carbonyl (C=O) groups excluding carboxylic acids is 2. The summed E-state index contributed by atoms with van der Waals surface area (Å²) in [5, 5.41) is 3.53. The van der Waals surface area contributed by atoms with Gasteiger partial charge in [-0.05, 0) is 80.6 Å². The van der Waals surface area contributed by atoms with Crippen molar-refractivity contribution in [2.75, 3.05) is 51.3 Å². The molecule has 1 aromatic carbocycles. The Morgan fingerprint density at radius 3 is 2.42 bits per heavy atom. The number of methoxy groups -OCH3 is 1. The van der Waals surface area contributed by atoms with Crippen LogP contribution in [0, 0.1) is 29.1 Å². The van der Waals surface area contributed by atoms with Gasteiger partial charge in [-0.25, -0.2) is 0 Å². The van der Waals surface area contributed by atoms with Crippen LogP contribution >= 0.6 is 0 Å². The van der Waals surface area contributed by atoms with Crippen molar-refractivity contribution in [2.45, 2.75) is 78.3 Å². The predicted molar refractivity (Wildman–Crippen MR) is 171 cm³/mol. The molecule has 2 aliphatic carbocycles. The highest BCUT2D eigenvalue weighted by Gasteiger charge is 2.51. The number of rotatable bonds is 6. The number of anilines is 1. The number of alkyl halides is 3. The number of hydrogen-bond donors (Lipinski definition) is 1. The molecule has 3 aliphatic heterocycles. The fourth-order valence-electron chi connectivity index (χ4n) is 8.15. The van der Waals surface area contributed by atoms with E-state index in [0.717, 1.165) is 24.9 Å². The number of esters is 1. The number of hydrogen-bond acceptors (Lipinski definition) is 5. The Morgan fingerprint density at radius 1 is 1.07 bits per heavy atom. The van der Waals surface area contributed by atoms with Crippen LogP contribution in [0.1, 0.15) is 83.3 Å². The monoisotopic (exact) mass is 629 g/mol. The van der Waals surface area contributed by atoms with Crippen molar-refractivity contribution >= 4 is 17.6 Å². The van der Waals surface area contributed by atoms with Gasteiger partial charge in [0.2, 0.25) is 5.91 Å². The summed E-state index contributed by atoms with van der Waals surface area (Å²) in [6.45, 7) is 11.7. The average molecular weight is 630 g/mol. The molecule has 6 rings (SSSR count). The molecule has 1 amide bonds. The topological polar surface area (TPSA) is 61.9 Å². The number of carbonyl (C=O) groups is 2. The highest BCUT2D eigenvalue weighted by molar-refractivity contribution is 5.84. The molecule has 6 nitrogen and oxygen atoms in total. The Hall–Kier alpha value is -2.81. The molecule has 1 aromatic rings. The molecule has 3 heterocycles. The van der Waals surface area contributed by atoms with Gasteiger partial charge in [0.1, 0.15) is 0 Å². The molecule has 45 heavy (non-hydrogen) atoms. The highest BCUT2D eigenvalue weighted by Crippen LogP contribution is 2.49. The van der Waals surface area contributed by atoms with E-state index in [4.69, 9.17) is 4.74 Å². The zero-order valence-corrected chi connectivity index (χ0v) is 27.5. The van der Waals surface area contributed by atoms with Gasteiger partial charge in [-0.15, -0.1) is 0 Å². The van der Waals surface area contributed by atoms with Crippen molar-refractivity contribution < 1.29 is 27.5 Å². The van der Waals surface area contributed by atoms with Crippen LogP contribution in [0.25, 0.3) is 0 Å². The summed E-state index contributed by atoms with van der Waals surface area (Å²) in [6.07, 6.45) is 5.67. The minimum absolute atomic E-state index is 0.0742. The van der Waals surface area contributed by atoms with Crippen molar-refractivity contribution in [1.29, 1.82) is 0 Å². The number of nitrogens with zero attached hydrogens (tertiary/aromatic N) is 2. The van der Waals surface area contributed by atoms with E-state index in [2.05, 4.69) is 31.3 Å². The van der Waals surface area contributed by atoms with Crippen LogP contribution in [0.4, 0.5) is 18.9 Å². The number of piperidine rings is 1. The summed E-state index contributed by atoms with van der Waals surface area (Å²) < 4.78 is 46.4. The van der Waals surface area contributed by atoms with Gasteiger partial charge in [-0.2, -0.15) is 13.2 Å². The van der Waals surface area contributed by atoms with Crippen molar-refractivity contribution in [3.63, 3.8) is 0 Å². The van der Waals surface area contributed by atoms with Crippen LogP contribution < -0.4 is 10.2 Å². The third kappa shape index (κ3) is 6.70. The standard InChI is InChI=1S/C34H44F3N3O3.C2H6/c1-21-18-40(32(42)33(2)20-38-17-29(33)26-7-5-4-6-25(26)22-8-9-22)19-28(21)27-11-10-24(34(35,36)37)16-30(27)39-14-12-23(13-15-39)31(41)43-3;1-2/h4,6,10-11,16,21-23,28-29,38H,5,7-9,12-15,17-20H2,1-3H3;1-2H3/t21-,28?,29-,33+;/m0./s1. The minimum atomic E-state index is -4.46. The normalized spacial score (nSPS) is 29.1. The number of ether oxygens (including phenoxy) is 1. The molecule has 248 valence electrons. The Bertz CT molecular complexity index is 1310. The molecule has 0 bridgehead atoms. The third-order valence-corrected chi connectivity index (χ3v) is 10.8. The Labute approximate surface area is 266 Å². The van der Waals surface area contributed by atoms with Crippen LogP contribution in [0.5, 0.6) is 0 Å². The maximum atomic E-state index is 14.4. The first kappa shape index (κ1) is 33.6. The van der Waals surface area contributed by atoms with Crippen LogP contribution in [0.2, 0.25) is 0 Å². The van der Waals surface area contributed by atoms with Gasteiger partial charge in [0.25, 0.3) is 0 Å². The summed E-state index contributed by atoms with van der Waals surface area (Å²) in [7, 11) is 1.37. The van der Waals surface area contributed by atoms with Crippen LogP contribution in [-0.2, 0) is 20.5 Å². The molecule has 9 heteroatoms. The van der Waals surface area contributed by atoms with Gasteiger partial charge in [0.15, 0.2) is 0 Å². The van der Waals surface area contributed by atoms with Crippen LogP contribution in [0.15, 0.2) is 41.5 Å². The summed E-state index contributed by atoms with van der Waals surface area (Å²) in [5.41, 5.74) is 3.12. The lowest BCUT2D eigenvalue weighted by molar-refractivity contribution is -0.146. The Balaban J connectivity index is 0.00000196. The van der Waals surface area contributed by atoms with Crippen LogP contribution in [-0.4, -0.2) is 63.2 Å². The Kier molecular flexibility index (Phi) is 10.1. The SMILES string of the molecule is CC.COC(=O)C1CCN(c2cc(C(F)(F)F)ccc2C2CN(C(=O)[C@]3(C)CNC[C@H]3C3=C(C4CC4)C=CCC3)C[C@@H]2C)CC1. The molecule has 1 unspecified atom stereocenters. The van der Waals surface area contributed by atoms with Gasteiger partial charge < -0.3 is 19.9 Å². The maximum Gasteiger partial charge on any atom is 0.416 e. The zero-order valence-electron chi connectivity index (χ0n) is 27.5. The van der Waals surface area contributed by atoms with E-state index in [9.17, 15) is 22.8 Å². The molecule has 4 fully saturated rings. The Morgan fingerprint density at radius 2 is 1.78 bits per heavy atom. The number of amides is 1. The third-order valence-electron chi connectivity index (χ3n) is 10.8. The predicted octanol–water partition coefficient (Wildman–Crippen LogP) is 6.97. The van der Waals surface area contributed by atoms with Crippen molar-refractivity contribution in [2.24, 2.45) is 29.1 Å². The second-order valence-corrected chi connectivity index (χ2v) is 13.6. The van der Waals surface area contributed by atoms with E-state index in [1.54, 1.807) is 6.07 Å². The fraction of sp³-hybridized carbons (Fsp3) is 0.667. The number of halogens is 3. The lowest BCUT2D eigenvalue weighted by atomic mass is 9.71. The van der Waals surface area contributed by atoms with Crippen LogP contribution in [0.3, 0.4) is 0 Å². The lowest BCUT2D eigenvalue weighted by Crippen LogP contribution is -2.46. The first-order valence-electron chi connectivity index (χ1n) is 16.9. The minimum Gasteiger partial charge on any atom is -0.469 e. The van der Waals surface area contributed by atoms with Gasteiger partial charge in [-0.3, -0.25) is 9.59 Å². The molecular formula is C36H50F3N3O3. The van der Waals surface area contributed by atoms with E-state index in [-0.39, 0.29) is 35.5 Å². The highest BCUT2D eigenvalue weighted by atomic mass is 19.4. The van der Waals surface area contributed by atoms with E-state index in [0.29, 0.717) is 57.2 Å². The average Bonchev–Trinajstić information content (AvgIpc) is 3.72.